The average Bonchev–Trinajstić information content (AvgIpc) is 2.99. The second-order valence-electron chi connectivity index (χ2n) is 6.48. The number of amides is 2. The Morgan fingerprint density at radius 2 is 1.79 bits per heavy atom. The smallest absolute Gasteiger partial charge is 0.256 e. The van der Waals surface area contributed by atoms with Gasteiger partial charge in [0.2, 0.25) is 15.9 Å². The SMILES string of the molecule is CC(=O)Nc1ccc(S(=O)(=O)NCc2ccc3c4c(cccc24)C(=O)N3)cc1. The molecule has 2 amide bonds. The van der Waals surface area contributed by atoms with Crippen LogP contribution in [0.2, 0.25) is 0 Å². The molecule has 8 heteroatoms. The third-order valence-corrected chi connectivity index (χ3v) is 5.98. The van der Waals surface area contributed by atoms with Crippen molar-refractivity contribution in [2.75, 3.05) is 10.6 Å². The van der Waals surface area contributed by atoms with Crippen LogP contribution in [0.25, 0.3) is 10.8 Å². The number of anilines is 2. The maximum Gasteiger partial charge on any atom is 0.256 e. The fourth-order valence-corrected chi connectivity index (χ4v) is 4.29. The van der Waals surface area contributed by atoms with E-state index in [2.05, 4.69) is 15.4 Å². The van der Waals surface area contributed by atoms with E-state index in [1.807, 2.05) is 6.07 Å². The van der Waals surface area contributed by atoms with Gasteiger partial charge in [-0.3, -0.25) is 9.59 Å². The van der Waals surface area contributed by atoms with E-state index in [0.29, 0.717) is 11.3 Å². The van der Waals surface area contributed by atoms with Crippen molar-refractivity contribution in [3.05, 3.63) is 65.7 Å². The first-order valence-electron chi connectivity index (χ1n) is 8.58. The summed E-state index contributed by atoms with van der Waals surface area (Å²) in [5.74, 6) is -0.383. The Morgan fingerprint density at radius 3 is 2.50 bits per heavy atom. The van der Waals surface area contributed by atoms with Crippen LogP contribution in [0.3, 0.4) is 0 Å². The molecule has 0 saturated carbocycles. The molecule has 3 N–H and O–H groups in total. The molecule has 3 aromatic rings. The zero-order chi connectivity index (χ0) is 19.9. The Hall–Kier alpha value is -3.23. The quantitative estimate of drug-likeness (QED) is 0.618. The summed E-state index contributed by atoms with van der Waals surface area (Å²) in [6.07, 6.45) is 0. The zero-order valence-corrected chi connectivity index (χ0v) is 15.8. The molecule has 1 aliphatic rings. The standard InChI is InChI=1S/C20H17N3O4S/c1-12(24)22-14-6-8-15(9-7-14)28(26,27)21-11-13-5-10-18-19-16(13)3-2-4-17(19)20(25)23-18/h2-10,21H,11H2,1H3,(H,22,24)(H,23,25). The van der Waals surface area contributed by atoms with E-state index in [-0.39, 0.29) is 23.3 Å². The van der Waals surface area contributed by atoms with E-state index < -0.39 is 10.0 Å². The molecule has 0 saturated heterocycles. The third-order valence-electron chi connectivity index (χ3n) is 4.56. The molecule has 7 nitrogen and oxygen atoms in total. The van der Waals surface area contributed by atoms with Crippen molar-refractivity contribution in [2.45, 2.75) is 18.4 Å². The second-order valence-corrected chi connectivity index (χ2v) is 8.25. The maximum absolute atomic E-state index is 12.6. The first-order valence-corrected chi connectivity index (χ1v) is 10.1. The van der Waals surface area contributed by atoms with Gasteiger partial charge in [-0.15, -0.1) is 0 Å². The van der Waals surface area contributed by atoms with Crippen LogP contribution in [0.15, 0.2) is 59.5 Å². The minimum Gasteiger partial charge on any atom is -0.326 e. The molecule has 0 atom stereocenters. The highest BCUT2D eigenvalue weighted by Gasteiger charge is 2.22. The van der Waals surface area contributed by atoms with E-state index >= 15 is 0 Å². The lowest BCUT2D eigenvalue weighted by Gasteiger charge is -2.11. The number of carbonyl (C=O) groups is 2. The van der Waals surface area contributed by atoms with Gasteiger partial charge in [-0.05, 0) is 47.3 Å². The van der Waals surface area contributed by atoms with E-state index in [4.69, 9.17) is 0 Å². The van der Waals surface area contributed by atoms with Crippen LogP contribution in [0.1, 0.15) is 22.8 Å². The topological polar surface area (TPSA) is 104 Å². The normalized spacial score (nSPS) is 12.8. The van der Waals surface area contributed by atoms with Gasteiger partial charge >= 0.3 is 0 Å². The Labute approximate surface area is 161 Å². The number of hydrogen-bond acceptors (Lipinski definition) is 4. The van der Waals surface area contributed by atoms with E-state index in [1.165, 1.54) is 31.2 Å². The monoisotopic (exact) mass is 395 g/mol. The fraction of sp³-hybridized carbons (Fsp3) is 0.100. The van der Waals surface area contributed by atoms with Crippen LogP contribution in [-0.4, -0.2) is 20.2 Å². The van der Waals surface area contributed by atoms with Crippen molar-refractivity contribution in [2.24, 2.45) is 0 Å². The number of rotatable bonds is 5. The molecule has 1 heterocycles. The Morgan fingerprint density at radius 1 is 1.04 bits per heavy atom. The lowest BCUT2D eigenvalue weighted by Crippen LogP contribution is -2.23. The van der Waals surface area contributed by atoms with E-state index in [0.717, 1.165) is 22.0 Å². The molecular formula is C20H17N3O4S. The van der Waals surface area contributed by atoms with Crippen LogP contribution in [0.5, 0.6) is 0 Å². The van der Waals surface area contributed by atoms with E-state index in [9.17, 15) is 18.0 Å². The molecule has 0 spiro atoms. The van der Waals surface area contributed by atoms with Crippen LogP contribution in [-0.2, 0) is 21.4 Å². The van der Waals surface area contributed by atoms with Gasteiger partial charge in [-0.2, -0.15) is 0 Å². The van der Waals surface area contributed by atoms with Gasteiger partial charge in [0.05, 0.1) is 4.90 Å². The lowest BCUT2D eigenvalue weighted by atomic mass is 10.0. The molecule has 0 aliphatic carbocycles. The molecule has 0 unspecified atom stereocenters. The summed E-state index contributed by atoms with van der Waals surface area (Å²) in [7, 11) is -3.73. The molecular weight excluding hydrogens is 378 g/mol. The van der Waals surface area contributed by atoms with Gasteiger partial charge < -0.3 is 10.6 Å². The highest BCUT2D eigenvalue weighted by atomic mass is 32.2. The average molecular weight is 395 g/mol. The summed E-state index contributed by atoms with van der Waals surface area (Å²) in [4.78, 5) is 23.2. The number of nitrogens with one attached hydrogen (secondary N) is 3. The largest absolute Gasteiger partial charge is 0.326 e. The summed E-state index contributed by atoms with van der Waals surface area (Å²) in [5.41, 5.74) is 2.62. The zero-order valence-electron chi connectivity index (χ0n) is 14.9. The van der Waals surface area contributed by atoms with Crippen molar-refractivity contribution in [3.8, 4) is 0 Å². The highest BCUT2D eigenvalue weighted by Crippen LogP contribution is 2.34. The van der Waals surface area contributed by atoms with Crippen LogP contribution < -0.4 is 15.4 Å². The molecule has 4 rings (SSSR count). The molecule has 3 aromatic carbocycles. The van der Waals surface area contributed by atoms with Crippen LogP contribution in [0.4, 0.5) is 11.4 Å². The Kier molecular flexibility index (Phi) is 4.37. The molecule has 0 fully saturated rings. The molecule has 1 aliphatic heterocycles. The predicted molar refractivity (Wildman–Crippen MR) is 107 cm³/mol. The Balaban J connectivity index is 1.58. The van der Waals surface area contributed by atoms with Gasteiger partial charge in [0.15, 0.2) is 0 Å². The summed E-state index contributed by atoms with van der Waals surface area (Å²) >= 11 is 0. The second kappa shape index (κ2) is 6.74. The molecule has 0 aromatic heterocycles. The molecule has 0 radical (unpaired) electrons. The maximum atomic E-state index is 12.6. The summed E-state index contributed by atoms with van der Waals surface area (Å²) in [5, 5.41) is 7.04. The minimum atomic E-state index is -3.73. The molecule has 0 bridgehead atoms. The van der Waals surface area contributed by atoms with Crippen molar-refractivity contribution >= 4 is 44.0 Å². The van der Waals surface area contributed by atoms with Crippen LogP contribution >= 0.6 is 0 Å². The summed E-state index contributed by atoms with van der Waals surface area (Å²) < 4.78 is 27.8. The van der Waals surface area contributed by atoms with Gasteiger partial charge in [-0.25, -0.2) is 13.1 Å². The van der Waals surface area contributed by atoms with Gasteiger partial charge in [0.25, 0.3) is 5.91 Å². The Bertz CT molecular complexity index is 1220. The molecule has 142 valence electrons. The van der Waals surface area contributed by atoms with Gasteiger partial charge in [0.1, 0.15) is 0 Å². The van der Waals surface area contributed by atoms with Crippen molar-refractivity contribution in [3.63, 3.8) is 0 Å². The van der Waals surface area contributed by atoms with Crippen molar-refractivity contribution < 1.29 is 18.0 Å². The predicted octanol–water partition coefficient (Wildman–Crippen LogP) is 2.84. The number of hydrogen-bond donors (Lipinski definition) is 3. The number of benzene rings is 3. The van der Waals surface area contributed by atoms with Crippen molar-refractivity contribution in [1.82, 2.24) is 4.72 Å². The first-order chi connectivity index (χ1) is 13.3. The fourth-order valence-electron chi connectivity index (χ4n) is 3.28. The van der Waals surface area contributed by atoms with Gasteiger partial charge in [-0.1, -0.05) is 18.2 Å². The lowest BCUT2D eigenvalue weighted by molar-refractivity contribution is -0.114. The van der Waals surface area contributed by atoms with Crippen molar-refractivity contribution in [1.29, 1.82) is 0 Å². The number of sulfonamides is 1. The summed E-state index contributed by atoms with van der Waals surface area (Å²) in [6, 6.07) is 14.9. The minimum absolute atomic E-state index is 0.0875. The van der Waals surface area contributed by atoms with E-state index in [1.54, 1.807) is 24.3 Å². The van der Waals surface area contributed by atoms with Gasteiger partial charge in [0, 0.05) is 35.8 Å². The highest BCUT2D eigenvalue weighted by molar-refractivity contribution is 7.89. The summed E-state index contributed by atoms with van der Waals surface area (Å²) in [6.45, 7) is 1.47. The van der Waals surface area contributed by atoms with Crippen LogP contribution in [0, 0.1) is 0 Å². The third kappa shape index (κ3) is 3.23. The first kappa shape index (κ1) is 18.1. The number of carbonyl (C=O) groups excluding carboxylic acids is 2. The molecule has 28 heavy (non-hydrogen) atoms.